The molecular weight excluding hydrogens is 251 g/mol. The predicted molar refractivity (Wildman–Crippen MR) is 67.8 cm³/mol. The highest BCUT2D eigenvalue weighted by atomic mass is 19.1. The van der Waals surface area contributed by atoms with Crippen LogP contribution in [-0.2, 0) is 0 Å². The molecule has 0 radical (unpaired) electrons. The minimum absolute atomic E-state index is 0.262. The highest BCUT2D eigenvalue weighted by Gasteiger charge is 2.17. The smallest absolute Gasteiger partial charge is 0.338 e. The van der Waals surface area contributed by atoms with E-state index in [1.165, 1.54) is 6.07 Å². The fraction of sp³-hybridized carbons (Fsp3) is 0.385. The van der Waals surface area contributed by atoms with Crippen molar-refractivity contribution in [1.82, 2.24) is 4.90 Å². The molecule has 1 heterocycles. The van der Waals surface area contributed by atoms with Gasteiger partial charge in [0.15, 0.2) is 0 Å². The van der Waals surface area contributed by atoms with Crippen LogP contribution in [0.2, 0.25) is 0 Å². The summed E-state index contributed by atoms with van der Waals surface area (Å²) in [6.07, 6.45) is 3.06. The maximum atomic E-state index is 13.4. The second-order valence-corrected chi connectivity index (χ2v) is 4.48. The molecule has 0 aromatic heterocycles. The highest BCUT2D eigenvalue weighted by Crippen LogP contribution is 2.16. The molecule has 0 unspecified atom stereocenters. The molecule has 6 heteroatoms. The van der Waals surface area contributed by atoms with E-state index in [0.717, 1.165) is 31.4 Å². The molecule has 1 aromatic carbocycles. The first-order valence-corrected chi connectivity index (χ1v) is 6.16. The van der Waals surface area contributed by atoms with Gasteiger partial charge in [0.2, 0.25) is 0 Å². The Balaban J connectivity index is 2.04. The van der Waals surface area contributed by atoms with Gasteiger partial charge in [-0.3, -0.25) is 0 Å². The fourth-order valence-corrected chi connectivity index (χ4v) is 2.07. The lowest BCUT2D eigenvalue weighted by Gasteiger charge is -2.26. The lowest BCUT2D eigenvalue weighted by Crippen LogP contribution is -2.38. The van der Waals surface area contributed by atoms with Crippen molar-refractivity contribution in [3.05, 3.63) is 29.6 Å². The molecule has 5 nitrogen and oxygen atoms in total. The zero-order chi connectivity index (χ0) is 13.8. The Morgan fingerprint density at radius 1 is 1.21 bits per heavy atom. The molecule has 1 saturated heterocycles. The van der Waals surface area contributed by atoms with E-state index in [0.29, 0.717) is 13.1 Å². The highest BCUT2D eigenvalue weighted by molar-refractivity contribution is 5.91. The van der Waals surface area contributed by atoms with Crippen LogP contribution in [0.15, 0.2) is 18.2 Å². The Morgan fingerprint density at radius 2 is 1.89 bits per heavy atom. The molecule has 2 rings (SSSR count). The number of halogens is 1. The zero-order valence-corrected chi connectivity index (χ0v) is 10.4. The lowest BCUT2D eigenvalue weighted by molar-refractivity contribution is 0.0692. The number of amides is 2. The van der Waals surface area contributed by atoms with Gasteiger partial charge in [0.05, 0.1) is 5.56 Å². The van der Waals surface area contributed by atoms with Crippen LogP contribution in [0.1, 0.15) is 29.6 Å². The molecule has 1 fully saturated rings. The van der Waals surface area contributed by atoms with Crippen molar-refractivity contribution in [2.75, 3.05) is 18.4 Å². The van der Waals surface area contributed by atoms with Crippen LogP contribution in [0, 0.1) is 5.82 Å². The number of carbonyl (C=O) groups excluding carboxylic acids is 1. The number of likely N-dealkylation sites (tertiary alicyclic amines) is 1. The SMILES string of the molecule is O=C(O)c1ccc(NC(=O)N2CCCCC2)cc1F. The number of urea groups is 1. The first-order chi connectivity index (χ1) is 9.08. The third-order valence-electron chi connectivity index (χ3n) is 3.09. The topological polar surface area (TPSA) is 69.6 Å². The van der Waals surface area contributed by atoms with Gasteiger partial charge >= 0.3 is 12.0 Å². The summed E-state index contributed by atoms with van der Waals surface area (Å²) in [5, 5.41) is 11.3. The predicted octanol–water partition coefficient (Wildman–Crippen LogP) is 2.54. The zero-order valence-electron chi connectivity index (χ0n) is 10.4. The summed E-state index contributed by atoms with van der Waals surface area (Å²) < 4.78 is 13.4. The van der Waals surface area contributed by atoms with Gasteiger partial charge in [0.25, 0.3) is 0 Å². The van der Waals surface area contributed by atoms with Gasteiger partial charge in [-0.2, -0.15) is 0 Å². The molecule has 2 amide bonds. The van der Waals surface area contributed by atoms with E-state index in [2.05, 4.69) is 5.32 Å². The Bertz CT molecular complexity index is 499. The van der Waals surface area contributed by atoms with Gasteiger partial charge in [0.1, 0.15) is 5.82 Å². The molecule has 0 aliphatic carbocycles. The van der Waals surface area contributed by atoms with Crippen molar-refractivity contribution in [3.8, 4) is 0 Å². The van der Waals surface area contributed by atoms with E-state index in [4.69, 9.17) is 5.11 Å². The standard InChI is InChI=1S/C13H15FN2O3/c14-11-8-9(4-5-10(11)12(17)18)15-13(19)16-6-2-1-3-7-16/h4-5,8H,1-3,6-7H2,(H,15,19)(H,17,18). The molecule has 0 spiro atoms. The number of anilines is 1. The first kappa shape index (κ1) is 13.3. The molecule has 1 aliphatic rings. The van der Waals surface area contributed by atoms with Crippen LogP contribution in [-0.4, -0.2) is 35.1 Å². The Morgan fingerprint density at radius 3 is 2.47 bits per heavy atom. The fourth-order valence-electron chi connectivity index (χ4n) is 2.07. The number of piperidine rings is 1. The molecule has 0 bridgehead atoms. The molecule has 102 valence electrons. The number of carbonyl (C=O) groups is 2. The Hall–Kier alpha value is -2.11. The van der Waals surface area contributed by atoms with E-state index in [1.54, 1.807) is 4.90 Å². The number of hydrogen-bond donors (Lipinski definition) is 2. The van der Waals surface area contributed by atoms with Crippen LogP contribution < -0.4 is 5.32 Å². The molecule has 0 saturated carbocycles. The van der Waals surface area contributed by atoms with Crippen LogP contribution in [0.5, 0.6) is 0 Å². The first-order valence-electron chi connectivity index (χ1n) is 6.16. The van der Waals surface area contributed by atoms with Crippen molar-refractivity contribution in [1.29, 1.82) is 0 Å². The van der Waals surface area contributed by atoms with Crippen LogP contribution >= 0.6 is 0 Å². The molecular formula is C13H15FN2O3. The second-order valence-electron chi connectivity index (χ2n) is 4.48. The molecule has 19 heavy (non-hydrogen) atoms. The molecule has 2 N–H and O–H groups in total. The van der Waals surface area contributed by atoms with E-state index < -0.39 is 17.3 Å². The van der Waals surface area contributed by atoms with Gasteiger partial charge in [-0.15, -0.1) is 0 Å². The monoisotopic (exact) mass is 266 g/mol. The van der Waals surface area contributed by atoms with Gasteiger partial charge in [-0.25, -0.2) is 14.0 Å². The maximum absolute atomic E-state index is 13.4. The third kappa shape index (κ3) is 3.21. The second kappa shape index (κ2) is 5.69. The number of hydrogen-bond acceptors (Lipinski definition) is 2. The normalized spacial score (nSPS) is 15.1. The number of carboxylic acids is 1. The summed E-state index contributed by atoms with van der Waals surface area (Å²) in [5.74, 6) is -2.18. The largest absolute Gasteiger partial charge is 0.478 e. The molecule has 1 aromatic rings. The summed E-state index contributed by atoms with van der Waals surface area (Å²) in [7, 11) is 0. The van der Waals surface area contributed by atoms with Crippen molar-refractivity contribution in [2.24, 2.45) is 0 Å². The lowest BCUT2D eigenvalue weighted by atomic mass is 10.1. The average molecular weight is 266 g/mol. The molecule has 1 aliphatic heterocycles. The minimum atomic E-state index is -1.33. The van der Waals surface area contributed by atoms with Gasteiger partial charge in [-0.05, 0) is 37.5 Å². The van der Waals surface area contributed by atoms with Gasteiger partial charge in [0, 0.05) is 18.8 Å². The number of benzene rings is 1. The van der Waals surface area contributed by atoms with Crippen molar-refractivity contribution < 1.29 is 19.1 Å². The quantitative estimate of drug-likeness (QED) is 0.864. The number of rotatable bonds is 2. The van der Waals surface area contributed by atoms with Crippen molar-refractivity contribution in [3.63, 3.8) is 0 Å². The van der Waals surface area contributed by atoms with E-state index in [1.807, 2.05) is 0 Å². The number of nitrogens with zero attached hydrogens (tertiary/aromatic N) is 1. The third-order valence-corrected chi connectivity index (χ3v) is 3.09. The Labute approximate surface area is 110 Å². The summed E-state index contributed by atoms with van der Waals surface area (Å²) in [6.45, 7) is 1.39. The summed E-state index contributed by atoms with van der Waals surface area (Å²) in [4.78, 5) is 24.2. The summed E-state index contributed by atoms with van der Waals surface area (Å²) in [5.41, 5.74) is -0.144. The van der Waals surface area contributed by atoms with Gasteiger partial charge < -0.3 is 15.3 Å². The van der Waals surface area contributed by atoms with Gasteiger partial charge in [-0.1, -0.05) is 0 Å². The number of aromatic carboxylic acids is 1. The summed E-state index contributed by atoms with van der Waals surface area (Å²) in [6, 6.07) is 3.27. The van der Waals surface area contributed by atoms with Crippen LogP contribution in [0.25, 0.3) is 0 Å². The van der Waals surface area contributed by atoms with E-state index in [-0.39, 0.29) is 11.7 Å². The number of carboxylic acid groups (broad SMARTS) is 1. The van der Waals surface area contributed by atoms with Crippen LogP contribution in [0.3, 0.4) is 0 Å². The molecule has 0 atom stereocenters. The summed E-state index contributed by atoms with van der Waals surface area (Å²) >= 11 is 0. The van der Waals surface area contributed by atoms with Crippen molar-refractivity contribution >= 4 is 17.7 Å². The number of nitrogens with one attached hydrogen (secondary N) is 1. The Kier molecular flexibility index (Phi) is 3.99. The van der Waals surface area contributed by atoms with E-state index in [9.17, 15) is 14.0 Å². The maximum Gasteiger partial charge on any atom is 0.338 e. The average Bonchev–Trinajstić information content (AvgIpc) is 2.39. The van der Waals surface area contributed by atoms with Crippen LogP contribution in [0.4, 0.5) is 14.9 Å². The minimum Gasteiger partial charge on any atom is -0.478 e. The van der Waals surface area contributed by atoms with E-state index >= 15 is 0 Å². The van der Waals surface area contributed by atoms with Crippen molar-refractivity contribution in [2.45, 2.75) is 19.3 Å².